The monoisotopic (exact) mass is 418 g/mol. The Morgan fingerprint density at radius 3 is 2.55 bits per heavy atom. The van der Waals surface area contributed by atoms with Crippen LogP contribution in [-0.2, 0) is 4.79 Å². The molecule has 154 valence electrons. The maximum absolute atomic E-state index is 14.3. The molecule has 29 heavy (non-hydrogen) atoms. The quantitative estimate of drug-likeness (QED) is 0.601. The number of benzene rings is 1. The Balaban J connectivity index is 0.000000353. The molecule has 3 N–H and O–H groups in total. The summed E-state index contributed by atoms with van der Waals surface area (Å²) in [7, 11) is 0. The number of hydrogen-bond acceptors (Lipinski definition) is 7. The second kappa shape index (κ2) is 9.25. The zero-order valence-electron chi connectivity index (χ0n) is 16.2. The Bertz CT molecular complexity index is 1000. The van der Waals surface area contributed by atoms with Gasteiger partial charge in [-0.1, -0.05) is 12.1 Å². The lowest BCUT2D eigenvalue weighted by Gasteiger charge is -2.27. The van der Waals surface area contributed by atoms with Crippen molar-refractivity contribution in [2.45, 2.75) is 20.0 Å². The van der Waals surface area contributed by atoms with Crippen LogP contribution >= 0.6 is 11.3 Å². The normalized spacial score (nSPS) is 15.0. The molecule has 7 nitrogen and oxygen atoms in total. The van der Waals surface area contributed by atoms with Crippen molar-refractivity contribution in [3.05, 3.63) is 41.0 Å². The maximum Gasteiger partial charge on any atom is 0.332 e. The largest absolute Gasteiger partial charge is 0.479 e. The van der Waals surface area contributed by atoms with Crippen molar-refractivity contribution in [1.29, 1.82) is 0 Å². The molecule has 3 heterocycles. The third-order valence-electron chi connectivity index (χ3n) is 4.39. The molecule has 1 atom stereocenters. The summed E-state index contributed by atoms with van der Waals surface area (Å²) in [5.74, 6) is -0.739. The van der Waals surface area contributed by atoms with Gasteiger partial charge in [0.1, 0.15) is 16.8 Å². The Hall–Kier alpha value is -2.62. The molecule has 0 amide bonds. The third kappa shape index (κ3) is 5.06. The van der Waals surface area contributed by atoms with Gasteiger partial charge in [-0.05, 0) is 32.0 Å². The van der Waals surface area contributed by atoms with Crippen LogP contribution in [0.3, 0.4) is 0 Å². The van der Waals surface area contributed by atoms with Crippen LogP contribution in [0.2, 0.25) is 0 Å². The van der Waals surface area contributed by atoms with Gasteiger partial charge in [0.2, 0.25) is 5.95 Å². The fourth-order valence-corrected chi connectivity index (χ4v) is 3.77. The van der Waals surface area contributed by atoms with E-state index in [2.05, 4.69) is 10.2 Å². The summed E-state index contributed by atoms with van der Waals surface area (Å²) in [4.78, 5) is 23.1. The van der Waals surface area contributed by atoms with E-state index in [1.165, 1.54) is 13.0 Å². The molecule has 1 aliphatic rings. The third-order valence-corrected chi connectivity index (χ3v) is 5.33. The predicted octanol–water partition coefficient (Wildman–Crippen LogP) is 2.67. The number of rotatable bonds is 3. The van der Waals surface area contributed by atoms with E-state index in [4.69, 9.17) is 20.2 Å². The maximum atomic E-state index is 14.3. The molecule has 0 radical (unpaired) electrons. The highest BCUT2D eigenvalue weighted by Crippen LogP contribution is 2.34. The highest BCUT2D eigenvalue weighted by atomic mass is 32.1. The number of carboxylic acids is 1. The smallest absolute Gasteiger partial charge is 0.332 e. The van der Waals surface area contributed by atoms with Gasteiger partial charge in [-0.3, -0.25) is 0 Å². The number of anilines is 1. The van der Waals surface area contributed by atoms with Crippen LogP contribution in [0.25, 0.3) is 21.5 Å². The van der Waals surface area contributed by atoms with Crippen LogP contribution in [-0.4, -0.2) is 58.4 Å². The summed E-state index contributed by atoms with van der Waals surface area (Å²) in [6.07, 6.45) is -1.23. The fraction of sp³-hybridized carbons (Fsp3) is 0.350. The number of carbonyl (C=O) groups is 1. The lowest BCUT2D eigenvalue weighted by molar-refractivity contribution is -0.145. The van der Waals surface area contributed by atoms with Crippen LogP contribution in [0.5, 0.6) is 0 Å². The van der Waals surface area contributed by atoms with E-state index in [-0.39, 0.29) is 5.82 Å². The number of carboxylic acid groups (broad SMARTS) is 1. The molecule has 2 aromatic heterocycles. The van der Waals surface area contributed by atoms with E-state index in [0.717, 1.165) is 41.3 Å². The topological polar surface area (TPSA) is 98.6 Å². The van der Waals surface area contributed by atoms with Crippen molar-refractivity contribution in [2.75, 3.05) is 31.1 Å². The minimum Gasteiger partial charge on any atom is -0.479 e. The number of thiophene rings is 1. The second-order valence-corrected chi connectivity index (χ2v) is 7.91. The van der Waals surface area contributed by atoms with Crippen molar-refractivity contribution in [2.24, 2.45) is 0 Å². The first kappa shape index (κ1) is 21.1. The lowest BCUT2D eigenvalue weighted by Crippen LogP contribution is -2.44. The zero-order chi connectivity index (χ0) is 21.0. The van der Waals surface area contributed by atoms with E-state index >= 15 is 0 Å². The van der Waals surface area contributed by atoms with E-state index in [9.17, 15) is 9.18 Å². The number of aliphatic carboxylic acids is 1. The van der Waals surface area contributed by atoms with Crippen molar-refractivity contribution in [3.63, 3.8) is 0 Å². The summed E-state index contributed by atoms with van der Waals surface area (Å²) < 4.78 is 14.3. The standard InChI is InChI=1S/C17H17FN4S.C3H6O3/c1-11-10-13-15(12-4-2-3-5-14(12)18)20-17(21-16(13)23-11)22-8-6-19-7-9-22;1-2(4)3(5)6/h2-5,10,19H,6-9H2,1H3;2,4H,1H3,(H,5,6)/t;2-/m.0/s1. The van der Waals surface area contributed by atoms with Crippen molar-refractivity contribution in [3.8, 4) is 11.3 Å². The van der Waals surface area contributed by atoms with Gasteiger partial charge in [0, 0.05) is 42.0 Å². The number of aliphatic hydroxyl groups is 1. The second-order valence-electron chi connectivity index (χ2n) is 6.68. The van der Waals surface area contributed by atoms with Crippen LogP contribution in [0, 0.1) is 12.7 Å². The summed E-state index contributed by atoms with van der Waals surface area (Å²) in [6.45, 7) is 6.81. The molecule has 1 aromatic carbocycles. The highest BCUT2D eigenvalue weighted by molar-refractivity contribution is 7.18. The van der Waals surface area contributed by atoms with E-state index < -0.39 is 12.1 Å². The Labute approximate surface area is 171 Å². The SMILES string of the molecule is C[C@H](O)C(=O)O.Cc1cc2c(-c3ccccc3F)nc(N3CCNCC3)nc2s1. The van der Waals surface area contributed by atoms with Crippen molar-refractivity contribution >= 4 is 33.5 Å². The number of aromatic nitrogens is 2. The van der Waals surface area contributed by atoms with Crippen LogP contribution in [0.1, 0.15) is 11.8 Å². The number of halogens is 1. The van der Waals surface area contributed by atoms with Gasteiger partial charge in [-0.25, -0.2) is 19.2 Å². The van der Waals surface area contributed by atoms with Crippen LogP contribution < -0.4 is 10.2 Å². The first-order valence-corrected chi connectivity index (χ1v) is 10.1. The minimum atomic E-state index is -1.23. The lowest BCUT2D eigenvalue weighted by atomic mass is 10.1. The molecule has 0 spiro atoms. The Kier molecular flexibility index (Phi) is 6.73. The fourth-order valence-electron chi connectivity index (χ4n) is 2.90. The first-order chi connectivity index (χ1) is 13.9. The Morgan fingerprint density at radius 2 is 1.93 bits per heavy atom. The Morgan fingerprint density at radius 1 is 1.28 bits per heavy atom. The van der Waals surface area contributed by atoms with Crippen molar-refractivity contribution in [1.82, 2.24) is 15.3 Å². The summed E-state index contributed by atoms with van der Waals surface area (Å²) in [5, 5.41) is 20.0. The van der Waals surface area contributed by atoms with Gasteiger partial charge in [-0.15, -0.1) is 11.3 Å². The zero-order valence-corrected chi connectivity index (χ0v) is 17.0. The molecule has 3 aromatic rings. The predicted molar refractivity (Wildman–Crippen MR) is 112 cm³/mol. The van der Waals surface area contributed by atoms with Crippen molar-refractivity contribution < 1.29 is 19.4 Å². The summed E-state index contributed by atoms with van der Waals surface area (Å²) in [6, 6.07) is 8.85. The number of aliphatic hydroxyl groups excluding tert-OH is 1. The van der Waals surface area contributed by atoms with Gasteiger partial charge in [0.15, 0.2) is 0 Å². The van der Waals surface area contributed by atoms with Gasteiger partial charge in [0.25, 0.3) is 0 Å². The molecule has 1 saturated heterocycles. The number of fused-ring (bicyclic) bond motifs is 1. The number of aryl methyl sites for hydroxylation is 1. The van der Waals surface area contributed by atoms with Gasteiger partial charge < -0.3 is 20.4 Å². The summed E-state index contributed by atoms with van der Waals surface area (Å²) >= 11 is 1.63. The van der Waals surface area contributed by atoms with E-state index in [1.54, 1.807) is 23.5 Å². The van der Waals surface area contributed by atoms with Crippen LogP contribution in [0.4, 0.5) is 10.3 Å². The molecular weight excluding hydrogens is 395 g/mol. The summed E-state index contributed by atoms with van der Waals surface area (Å²) in [5.41, 5.74) is 1.22. The first-order valence-electron chi connectivity index (χ1n) is 9.26. The number of piperazine rings is 1. The minimum absolute atomic E-state index is 0.248. The highest BCUT2D eigenvalue weighted by Gasteiger charge is 2.19. The molecule has 4 rings (SSSR count). The number of nitrogens with one attached hydrogen (secondary N) is 1. The molecule has 0 saturated carbocycles. The van der Waals surface area contributed by atoms with E-state index in [0.29, 0.717) is 17.2 Å². The molecule has 9 heteroatoms. The van der Waals surface area contributed by atoms with Crippen LogP contribution in [0.15, 0.2) is 30.3 Å². The molecule has 1 aliphatic heterocycles. The number of nitrogens with zero attached hydrogens (tertiary/aromatic N) is 3. The van der Waals surface area contributed by atoms with Gasteiger partial charge in [0.05, 0.1) is 5.69 Å². The average Bonchev–Trinajstić information content (AvgIpc) is 3.09. The van der Waals surface area contributed by atoms with E-state index in [1.807, 2.05) is 19.1 Å². The molecule has 1 fully saturated rings. The molecule has 0 bridgehead atoms. The molecule has 0 aliphatic carbocycles. The van der Waals surface area contributed by atoms with Gasteiger partial charge >= 0.3 is 5.97 Å². The average molecular weight is 418 g/mol. The van der Waals surface area contributed by atoms with Gasteiger partial charge in [-0.2, -0.15) is 0 Å². The molecule has 0 unspecified atom stereocenters. The number of hydrogen-bond donors (Lipinski definition) is 3. The molecular formula is C20H23FN4O3S.